The zero-order valence-electron chi connectivity index (χ0n) is 13.5. The average Bonchev–Trinajstić information content (AvgIpc) is 3.16. The van der Waals surface area contributed by atoms with Crippen LogP contribution in [0.15, 0.2) is 4.42 Å². The fourth-order valence-corrected chi connectivity index (χ4v) is 3.61. The number of amides is 1. The van der Waals surface area contributed by atoms with Crippen LogP contribution < -0.4 is 0 Å². The van der Waals surface area contributed by atoms with Crippen molar-refractivity contribution in [3.8, 4) is 0 Å². The Hall–Kier alpha value is -1.43. The van der Waals surface area contributed by atoms with Gasteiger partial charge in [-0.3, -0.25) is 4.79 Å². The zero-order chi connectivity index (χ0) is 15.5. The Morgan fingerprint density at radius 3 is 2.73 bits per heavy atom. The fourth-order valence-electron chi connectivity index (χ4n) is 3.61. The number of aryl methyl sites for hydroxylation is 1. The molecule has 1 saturated carbocycles. The second-order valence-corrected chi connectivity index (χ2v) is 6.45. The van der Waals surface area contributed by atoms with E-state index in [4.69, 9.17) is 9.15 Å². The van der Waals surface area contributed by atoms with Crippen molar-refractivity contribution in [2.45, 2.75) is 70.4 Å². The Morgan fingerprint density at radius 2 is 2.05 bits per heavy atom. The number of carbonyl (C=O) groups excluding carboxylic acids is 1. The van der Waals surface area contributed by atoms with Gasteiger partial charge >= 0.3 is 0 Å². The second-order valence-electron chi connectivity index (χ2n) is 6.45. The molecule has 2 heterocycles. The Balaban J connectivity index is 1.59. The number of likely N-dealkylation sites (tertiary alicyclic amines) is 1. The maximum absolute atomic E-state index is 12.5. The minimum absolute atomic E-state index is 0.0771. The van der Waals surface area contributed by atoms with Gasteiger partial charge in [0.2, 0.25) is 17.7 Å². The fraction of sp³-hybridized carbons (Fsp3) is 0.812. The SMILES string of the molecule is Cc1nnc([C@H]2CCCN(C(=O)COC3CCCC3)[C@H]2C)o1. The first-order valence-electron chi connectivity index (χ1n) is 8.36. The van der Waals surface area contributed by atoms with E-state index in [0.29, 0.717) is 11.8 Å². The third-order valence-electron chi connectivity index (χ3n) is 4.91. The largest absolute Gasteiger partial charge is 0.425 e. The van der Waals surface area contributed by atoms with Gasteiger partial charge in [0.1, 0.15) is 6.61 Å². The van der Waals surface area contributed by atoms with E-state index in [0.717, 1.165) is 32.2 Å². The Bertz CT molecular complexity index is 510. The van der Waals surface area contributed by atoms with Gasteiger partial charge in [0.05, 0.1) is 12.0 Å². The second kappa shape index (κ2) is 6.77. The smallest absolute Gasteiger partial charge is 0.248 e. The van der Waals surface area contributed by atoms with Gasteiger partial charge in [-0.25, -0.2) is 0 Å². The van der Waals surface area contributed by atoms with Gasteiger partial charge in [-0.05, 0) is 32.6 Å². The van der Waals surface area contributed by atoms with E-state index in [1.807, 2.05) is 4.90 Å². The van der Waals surface area contributed by atoms with Crippen molar-refractivity contribution >= 4 is 5.91 Å². The predicted octanol–water partition coefficient (Wildman–Crippen LogP) is 2.43. The lowest BCUT2D eigenvalue weighted by Crippen LogP contribution is -2.47. The van der Waals surface area contributed by atoms with E-state index in [2.05, 4.69) is 17.1 Å². The highest BCUT2D eigenvalue weighted by Crippen LogP contribution is 2.32. The number of aromatic nitrogens is 2. The molecule has 0 N–H and O–H groups in total. The van der Waals surface area contributed by atoms with Gasteiger partial charge in [-0.1, -0.05) is 12.8 Å². The molecule has 0 aromatic carbocycles. The van der Waals surface area contributed by atoms with Crippen molar-refractivity contribution in [2.24, 2.45) is 0 Å². The normalized spacial score (nSPS) is 26.5. The van der Waals surface area contributed by atoms with Crippen LogP contribution >= 0.6 is 0 Å². The number of carbonyl (C=O) groups is 1. The summed E-state index contributed by atoms with van der Waals surface area (Å²) in [6.45, 7) is 4.85. The van der Waals surface area contributed by atoms with Gasteiger partial charge in [-0.15, -0.1) is 10.2 Å². The molecule has 1 aliphatic carbocycles. The number of piperidine rings is 1. The summed E-state index contributed by atoms with van der Waals surface area (Å²) in [5, 5.41) is 8.05. The summed E-state index contributed by atoms with van der Waals surface area (Å²) >= 11 is 0. The molecule has 2 aliphatic rings. The van der Waals surface area contributed by atoms with Crippen molar-refractivity contribution in [3.63, 3.8) is 0 Å². The summed E-state index contributed by atoms with van der Waals surface area (Å²) in [7, 11) is 0. The lowest BCUT2D eigenvalue weighted by Gasteiger charge is -2.38. The van der Waals surface area contributed by atoms with Gasteiger partial charge in [0.25, 0.3) is 0 Å². The molecule has 0 unspecified atom stereocenters. The summed E-state index contributed by atoms with van der Waals surface area (Å²) in [6, 6.07) is 0.0771. The average molecular weight is 307 g/mol. The highest BCUT2D eigenvalue weighted by atomic mass is 16.5. The Labute approximate surface area is 131 Å². The molecule has 1 amide bonds. The first-order valence-corrected chi connectivity index (χ1v) is 8.36. The highest BCUT2D eigenvalue weighted by molar-refractivity contribution is 5.78. The lowest BCUT2D eigenvalue weighted by molar-refractivity contribution is -0.142. The standard InChI is InChI=1S/C16H25N3O3/c1-11-14(16-18-17-12(2)22-16)8-5-9-19(11)15(20)10-21-13-6-3-4-7-13/h11,13-14H,3-10H2,1-2H3/t11-,14-/m0/s1. The zero-order valence-corrected chi connectivity index (χ0v) is 13.5. The third kappa shape index (κ3) is 3.32. The van der Waals surface area contributed by atoms with E-state index in [9.17, 15) is 4.79 Å². The van der Waals surface area contributed by atoms with Crippen LogP contribution in [0, 0.1) is 6.92 Å². The molecule has 1 aromatic rings. The van der Waals surface area contributed by atoms with Crippen molar-refractivity contribution in [1.29, 1.82) is 0 Å². The molecule has 6 nitrogen and oxygen atoms in total. The van der Waals surface area contributed by atoms with Gasteiger partial charge in [-0.2, -0.15) is 0 Å². The number of nitrogens with zero attached hydrogens (tertiary/aromatic N) is 3. The van der Waals surface area contributed by atoms with Crippen LogP contribution in [-0.4, -0.2) is 46.3 Å². The summed E-state index contributed by atoms with van der Waals surface area (Å²) in [5.41, 5.74) is 0. The van der Waals surface area contributed by atoms with E-state index >= 15 is 0 Å². The Morgan fingerprint density at radius 1 is 1.27 bits per heavy atom. The van der Waals surface area contributed by atoms with Crippen LogP contribution in [0.1, 0.15) is 63.1 Å². The van der Waals surface area contributed by atoms with Crippen molar-refractivity contribution in [2.75, 3.05) is 13.2 Å². The summed E-state index contributed by atoms with van der Waals surface area (Å²) in [5.74, 6) is 1.44. The minimum Gasteiger partial charge on any atom is -0.425 e. The molecule has 1 aliphatic heterocycles. The molecule has 0 spiro atoms. The van der Waals surface area contributed by atoms with E-state index in [1.165, 1.54) is 12.8 Å². The Kier molecular flexibility index (Phi) is 4.76. The van der Waals surface area contributed by atoms with Crippen LogP contribution in [0.4, 0.5) is 0 Å². The van der Waals surface area contributed by atoms with Crippen LogP contribution in [0.3, 0.4) is 0 Å². The summed E-state index contributed by atoms with van der Waals surface area (Å²) < 4.78 is 11.3. The quantitative estimate of drug-likeness (QED) is 0.854. The molecule has 0 radical (unpaired) electrons. The first-order chi connectivity index (χ1) is 10.6. The van der Waals surface area contributed by atoms with E-state index in [-0.39, 0.29) is 30.6 Å². The highest BCUT2D eigenvalue weighted by Gasteiger charge is 2.35. The van der Waals surface area contributed by atoms with Gasteiger partial charge < -0.3 is 14.1 Å². The molecule has 22 heavy (non-hydrogen) atoms. The van der Waals surface area contributed by atoms with Crippen molar-refractivity contribution in [3.05, 3.63) is 11.8 Å². The molecule has 3 rings (SSSR count). The minimum atomic E-state index is 0.0771. The van der Waals surface area contributed by atoms with Gasteiger partial charge in [0.15, 0.2) is 0 Å². The molecule has 0 bridgehead atoms. The van der Waals surface area contributed by atoms with Crippen LogP contribution in [0.5, 0.6) is 0 Å². The predicted molar refractivity (Wildman–Crippen MR) is 80.4 cm³/mol. The molecular weight excluding hydrogens is 282 g/mol. The summed E-state index contributed by atoms with van der Waals surface area (Å²) in [4.78, 5) is 14.4. The third-order valence-corrected chi connectivity index (χ3v) is 4.91. The molecule has 1 aromatic heterocycles. The number of ether oxygens (including phenoxy) is 1. The van der Waals surface area contributed by atoms with Crippen LogP contribution in [0.2, 0.25) is 0 Å². The monoisotopic (exact) mass is 307 g/mol. The molecule has 1 saturated heterocycles. The van der Waals surface area contributed by atoms with E-state index < -0.39 is 0 Å². The number of hydrogen-bond acceptors (Lipinski definition) is 5. The van der Waals surface area contributed by atoms with Gasteiger partial charge in [0, 0.05) is 19.5 Å². The van der Waals surface area contributed by atoms with Crippen molar-refractivity contribution in [1.82, 2.24) is 15.1 Å². The molecule has 6 heteroatoms. The maximum atomic E-state index is 12.5. The number of hydrogen-bond donors (Lipinski definition) is 0. The maximum Gasteiger partial charge on any atom is 0.248 e. The van der Waals surface area contributed by atoms with Crippen LogP contribution in [0.25, 0.3) is 0 Å². The van der Waals surface area contributed by atoms with Crippen molar-refractivity contribution < 1.29 is 13.9 Å². The lowest BCUT2D eigenvalue weighted by atomic mass is 9.90. The molecule has 2 fully saturated rings. The number of rotatable bonds is 4. The molecule has 2 atom stereocenters. The first kappa shape index (κ1) is 15.5. The van der Waals surface area contributed by atoms with Crippen LogP contribution in [-0.2, 0) is 9.53 Å². The molecular formula is C16H25N3O3. The topological polar surface area (TPSA) is 68.5 Å². The van der Waals surface area contributed by atoms with E-state index in [1.54, 1.807) is 6.92 Å². The molecule has 122 valence electrons. The summed E-state index contributed by atoms with van der Waals surface area (Å²) in [6.07, 6.45) is 6.84.